The van der Waals surface area contributed by atoms with Crippen LogP contribution in [0.25, 0.3) is 11.1 Å². The molecule has 0 radical (unpaired) electrons. The van der Waals surface area contributed by atoms with Crippen molar-refractivity contribution < 1.29 is 13.6 Å². The van der Waals surface area contributed by atoms with Crippen molar-refractivity contribution in [2.24, 2.45) is 0 Å². The van der Waals surface area contributed by atoms with Gasteiger partial charge in [0.2, 0.25) is 0 Å². The normalized spacial score (nSPS) is 14.7. The summed E-state index contributed by atoms with van der Waals surface area (Å²) in [4.78, 5) is 16.9. The van der Waals surface area contributed by atoms with Gasteiger partial charge >= 0.3 is 0 Å². The van der Waals surface area contributed by atoms with Crippen LogP contribution >= 0.6 is 15.9 Å². The van der Waals surface area contributed by atoms with Gasteiger partial charge in [-0.15, -0.1) is 6.58 Å². The highest BCUT2D eigenvalue weighted by Crippen LogP contribution is 2.28. The van der Waals surface area contributed by atoms with Gasteiger partial charge in [0.15, 0.2) is 10.3 Å². The number of hydrogen-bond donors (Lipinski definition) is 0. The van der Waals surface area contributed by atoms with Gasteiger partial charge in [0, 0.05) is 44.9 Å². The first-order chi connectivity index (χ1) is 13.1. The summed E-state index contributed by atoms with van der Waals surface area (Å²) in [5.74, 6) is -0.282. The van der Waals surface area contributed by atoms with E-state index in [1.807, 2.05) is 21.6 Å². The Hall–Kier alpha value is -2.54. The molecule has 5 nitrogen and oxygen atoms in total. The third kappa shape index (κ3) is 3.27. The molecule has 0 spiro atoms. The van der Waals surface area contributed by atoms with Gasteiger partial charge in [0.25, 0.3) is 5.91 Å². The summed E-state index contributed by atoms with van der Waals surface area (Å²) < 4.78 is 22.1. The minimum absolute atomic E-state index is 0.0486. The van der Waals surface area contributed by atoms with E-state index in [0.717, 1.165) is 5.52 Å². The first-order valence-electron chi connectivity index (χ1n) is 8.76. The molecular formula is C20H19BrFN3O2. The molecule has 27 heavy (non-hydrogen) atoms. The summed E-state index contributed by atoms with van der Waals surface area (Å²) in [6, 6.07) is 10.4. The van der Waals surface area contributed by atoms with Crippen LogP contribution in [0.5, 0.6) is 0 Å². The van der Waals surface area contributed by atoms with E-state index in [-0.39, 0.29) is 11.7 Å². The van der Waals surface area contributed by atoms with Crippen molar-refractivity contribution in [1.82, 2.24) is 9.47 Å². The monoisotopic (exact) mass is 431 g/mol. The number of aromatic nitrogens is 1. The number of nitrogens with zero attached hydrogens (tertiary/aromatic N) is 3. The Labute approximate surface area is 164 Å². The predicted molar refractivity (Wildman–Crippen MR) is 107 cm³/mol. The van der Waals surface area contributed by atoms with Crippen LogP contribution in [0, 0.1) is 5.82 Å². The summed E-state index contributed by atoms with van der Waals surface area (Å²) in [5.41, 5.74) is 2.68. The SMILES string of the molecule is C=CCn1c(C(=O)N2CCN(c3ccccc3F)CC2)cc2oc(Br)cc21. The first-order valence-corrected chi connectivity index (χ1v) is 9.56. The van der Waals surface area contributed by atoms with Crippen LogP contribution in [0.2, 0.25) is 0 Å². The summed E-state index contributed by atoms with van der Waals surface area (Å²) in [6.07, 6.45) is 1.76. The van der Waals surface area contributed by atoms with Gasteiger partial charge in [-0.3, -0.25) is 4.79 Å². The molecule has 3 heterocycles. The Morgan fingerprint density at radius 3 is 2.67 bits per heavy atom. The Morgan fingerprint density at radius 1 is 1.22 bits per heavy atom. The lowest BCUT2D eigenvalue weighted by Crippen LogP contribution is -2.49. The molecule has 2 aromatic heterocycles. The zero-order valence-electron chi connectivity index (χ0n) is 14.7. The molecule has 3 aromatic rings. The third-order valence-corrected chi connectivity index (χ3v) is 5.24. The van der Waals surface area contributed by atoms with Crippen molar-refractivity contribution in [3.05, 3.63) is 65.2 Å². The van der Waals surface area contributed by atoms with Crippen molar-refractivity contribution in [3.8, 4) is 0 Å². The summed E-state index contributed by atoms with van der Waals surface area (Å²) in [7, 11) is 0. The topological polar surface area (TPSA) is 41.6 Å². The molecule has 1 fully saturated rings. The average molecular weight is 432 g/mol. The number of amides is 1. The number of piperazine rings is 1. The van der Waals surface area contributed by atoms with Gasteiger partial charge in [-0.2, -0.15) is 0 Å². The maximum atomic E-state index is 14.0. The fourth-order valence-electron chi connectivity index (χ4n) is 3.54. The number of fused-ring (bicyclic) bond motifs is 1. The quantitative estimate of drug-likeness (QED) is 0.578. The molecule has 1 aromatic carbocycles. The maximum absolute atomic E-state index is 14.0. The van der Waals surface area contributed by atoms with Crippen molar-refractivity contribution in [2.75, 3.05) is 31.1 Å². The van der Waals surface area contributed by atoms with Crippen LogP contribution in [-0.2, 0) is 6.54 Å². The molecule has 0 bridgehead atoms. The smallest absolute Gasteiger partial charge is 0.270 e. The van der Waals surface area contributed by atoms with Crippen LogP contribution in [0.1, 0.15) is 10.5 Å². The molecule has 0 aliphatic carbocycles. The van der Waals surface area contributed by atoms with Crippen molar-refractivity contribution in [3.63, 3.8) is 0 Å². The molecule has 0 atom stereocenters. The number of halogens is 2. The van der Waals surface area contributed by atoms with Gasteiger partial charge in [0.05, 0.1) is 11.2 Å². The molecule has 0 unspecified atom stereocenters. The van der Waals surface area contributed by atoms with Crippen molar-refractivity contribution in [2.45, 2.75) is 6.54 Å². The molecule has 1 amide bonds. The summed E-state index contributed by atoms with van der Waals surface area (Å²) in [5, 5.41) is 0. The van der Waals surface area contributed by atoms with Crippen LogP contribution in [0.3, 0.4) is 0 Å². The van der Waals surface area contributed by atoms with Gasteiger partial charge in [0.1, 0.15) is 11.5 Å². The zero-order valence-corrected chi connectivity index (χ0v) is 16.3. The number of allylic oxidation sites excluding steroid dienone is 1. The highest BCUT2D eigenvalue weighted by molar-refractivity contribution is 9.10. The second-order valence-corrected chi connectivity index (χ2v) is 7.24. The molecule has 7 heteroatoms. The molecule has 1 aliphatic heterocycles. The van der Waals surface area contributed by atoms with Crippen molar-refractivity contribution in [1.29, 1.82) is 0 Å². The molecule has 1 saturated heterocycles. The third-order valence-electron chi connectivity index (χ3n) is 4.85. The molecule has 4 rings (SSSR count). The Morgan fingerprint density at radius 2 is 1.96 bits per heavy atom. The van der Waals surface area contributed by atoms with Gasteiger partial charge in [-0.25, -0.2) is 4.39 Å². The number of carbonyl (C=O) groups is 1. The molecule has 0 N–H and O–H groups in total. The lowest BCUT2D eigenvalue weighted by Gasteiger charge is -2.36. The van der Waals surface area contributed by atoms with E-state index in [1.165, 1.54) is 6.07 Å². The van der Waals surface area contributed by atoms with Gasteiger partial charge in [-0.05, 0) is 28.1 Å². The van der Waals surface area contributed by atoms with Gasteiger partial charge in [-0.1, -0.05) is 18.2 Å². The minimum atomic E-state index is -0.233. The molecule has 140 valence electrons. The second-order valence-electron chi connectivity index (χ2n) is 6.46. The second kappa shape index (κ2) is 7.23. The first kappa shape index (κ1) is 17.9. The fourth-order valence-corrected chi connectivity index (χ4v) is 3.93. The summed E-state index contributed by atoms with van der Waals surface area (Å²) in [6.45, 7) is 6.57. The van der Waals surface area contributed by atoms with Crippen LogP contribution in [0.15, 0.2) is 58.1 Å². The number of hydrogen-bond acceptors (Lipinski definition) is 3. The zero-order chi connectivity index (χ0) is 19.0. The largest absolute Gasteiger partial charge is 0.448 e. The Bertz CT molecular complexity index is 1000. The van der Waals surface area contributed by atoms with Crippen LogP contribution in [-0.4, -0.2) is 41.6 Å². The number of benzene rings is 1. The Balaban J connectivity index is 1.54. The lowest BCUT2D eigenvalue weighted by molar-refractivity contribution is 0.0736. The van der Waals surface area contributed by atoms with E-state index >= 15 is 0 Å². The van der Waals surface area contributed by atoms with E-state index in [2.05, 4.69) is 22.5 Å². The van der Waals surface area contributed by atoms with E-state index < -0.39 is 0 Å². The van der Waals surface area contributed by atoms with Gasteiger partial charge < -0.3 is 18.8 Å². The number of carbonyl (C=O) groups excluding carboxylic acids is 1. The van der Waals surface area contributed by atoms with Crippen LogP contribution < -0.4 is 4.90 Å². The minimum Gasteiger partial charge on any atom is -0.448 e. The number of para-hydroxylation sites is 1. The average Bonchev–Trinajstić information content (AvgIpc) is 3.19. The standard InChI is InChI=1S/C20H19BrFN3O2/c1-2-7-25-16-13-19(21)27-18(16)12-17(25)20(26)24-10-8-23(9-11-24)15-6-4-3-5-14(15)22/h2-6,12-13H,1,7-11H2. The van der Waals surface area contributed by atoms with Crippen molar-refractivity contribution >= 4 is 38.6 Å². The lowest BCUT2D eigenvalue weighted by atomic mass is 10.2. The van der Waals surface area contributed by atoms with Crippen LogP contribution in [0.4, 0.5) is 10.1 Å². The van der Waals surface area contributed by atoms with E-state index in [4.69, 9.17) is 4.42 Å². The van der Waals surface area contributed by atoms with E-state index in [0.29, 0.717) is 54.4 Å². The highest BCUT2D eigenvalue weighted by Gasteiger charge is 2.27. The maximum Gasteiger partial charge on any atom is 0.270 e. The van der Waals surface area contributed by atoms with E-state index in [1.54, 1.807) is 29.2 Å². The fraction of sp³-hybridized carbons (Fsp3) is 0.250. The highest BCUT2D eigenvalue weighted by atomic mass is 79.9. The Kier molecular flexibility index (Phi) is 4.78. The summed E-state index contributed by atoms with van der Waals surface area (Å²) >= 11 is 3.32. The van der Waals surface area contributed by atoms with E-state index in [9.17, 15) is 9.18 Å². The predicted octanol–water partition coefficient (Wildman–Crippen LogP) is 4.28. The molecule has 0 saturated carbocycles. The number of anilines is 1. The molecule has 1 aliphatic rings. The molecular weight excluding hydrogens is 413 g/mol. The number of rotatable bonds is 4. The number of furan rings is 1.